The molecule has 0 bridgehead atoms. The van der Waals surface area contributed by atoms with Gasteiger partial charge in [0, 0.05) is 17.5 Å². The van der Waals surface area contributed by atoms with Gasteiger partial charge in [-0.15, -0.1) is 0 Å². The monoisotopic (exact) mass is 393 g/mol. The van der Waals surface area contributed by atoms with Crippen LogP contribution in [0.25, 0.3) is 43.6 Å². The molecule has 0 aliphatic heterocycles. The van der Waals surface area contributed by atoms with Gasteiger partial charge < -0.3 is 17.3 Å². The summed E-state index contributed by atoms with van der Waals surface area (Å²) in [7, 11) is -6.00. The Labute approximate surface area is 164 Å². The summed E-state index contributed by atoms with van der Waals surface area (Å²) in [5, 5.41) is 7.73. The van der Waals surface area contributed by atoms with E-state index in [1.165, 1.54) is 37.9 Å². The van der Waals surface area contributed by atoms with Crippen LogP contribution in [0.5, 0.6) is 0 Å². The standard InChI is InChI=1S/C23H15N.BF4/c1-2-7-18-15-21-19(14-17(18)6-1)12-11-16-8-5-9-20(23(16)21)22-10-3-4-13-24-22;2-1(3,4)5/h1-15H;/q;-1/p+1. The number of hydrogen-bond acceptors (Lipinski definition) is 0. The maximum Gasteiger partial charge on any atom is 0.673 e. The van der Waals surface area contributed by atoms with E-state index in [2.05, 4.69) is 83.8 Å². The molecular weight excluding hydrogens is 377 g/mol. The van der Waals surface area contributed by atoms with Crippen LogP contribution < -0.4 is 4.98 Å². The molecule has 144 valence electrons. The van der Waals surface area contributed by atoms with Gasteiger partial charge in [-0.25, -0.2) is 4.98 Å². The Morgan fingerprint density at radius 2 is 1.21 bits per heavy atom. The molecule has 0 aliphatic rings. The maximum atomic E-state index is 9.75. The van der Waals surface area contributed by atoms with E-state index in [0.717, 1.165) is 5.69 Å². The minimum absolute atomic E-state index is 1.14. The second-order valence-corrected chi connectivity index (χ2v) is 6.66. The summed E-state index contributed by atoms with van der Waals surface area (Å²) in [6, 6.07) is 30.4. The second kappa shape index (κ2) is 7.55. The van der Waals surface area contributed by atoms with E-state index in [1.54, 1.807) is 0 Å². The summed E-state index contributed by atoms with van der Waals surface area (Å²) in [6.45, 7) is 0. The molecule has 6 heteroatoms. The summed E-state index contributed by atoms with van der Waals surface area (Å²) in [6.07, 6.45) is 1.98. The van der Waals surface area contributed by atoms with Crippen LogP contribution in [0.2, 0.25) is 0 Å². The number of aromatic nitrogens is 1. The molecule has 1 heterocycles. The molecule has 1 N–H and O–H groups in total. The Morgan fingerprint density at radius 1 is 0.586 bits per heavy atom. The van der Waals surface area contributed by atoms with E-state index in [9.17, 15) is 17.3 Å². The van der Waals surface area contributed by atoms with Crippen molar-refractivity contribution in [2.75, 3.05) is 0 Å². The molecule has 0 atom stereocenters. The van der Waals surface area contributed by atoms with Gasteiger partial charge in [0.15, 0.2) is 6.20 Å². The van der Waals surface area contributed by atoms with Crippen LogP contribution in [0.1, 0.15) is 0 Å². The lowest BCUT2D eigenvalue weighted by Crippen LogP contribution is -2.04. The molecule has 0 radical (unpaired) electrons. The first-order valence-corrected chi connectivity index (χ1v) is 9.09. The Morgan fingerprint density at radius 3 is 1.90 bits per heavy atom. The van der Waals surface area contributed by atoms with Crippen molar-refractivity contribution >= 4 is 39.6 Å². The third kappa shape index (κ3) is 4.21. The van der Waals surface area contributed by atoms with Crippen molar-refractivity contribution < 1.29 is 22.2 Å². The van der Waals surface area contributed by atoms with Crippen LogP contribution >= 0.6 is 0 Å². The zero-order chi connectivity index (χ0) is 20.4. The summed E-state index contributed by atoms with van der Waals surface area (Å²) in [5.74, 6) is 0. The lowest BCUT2D eigenvalue weighted by molar-refractivity contribution is -0.364. The van der Waals surface area contributed by atoms with Crippen LogP contribution in [0.15, 0.2) is 91.1 Å². The lowest BCUT2D eigenvalue weighted by Gasteiger charge is -2.09. The zero-order valence-corrected chi connectivity index (χ0v) is 15.2. The van der Waals surface area contributed by atoms with E-state index >= 15 is 0 Å². The average molecular weight is 393 g/mol. The van der Waals surface area contributed by atoms with Crippen molar-refractivity contribution in [3.8, 4) is 11.3 Å². The van der Waals surface area contributed by atoms with Crippen LogP contribution in [0.4, 0.5) is 17.3 Å². The summed E-state index contributed by atoms with van der Waals surface area (Å²) in [4.78, 5) is 3.38. The number of halogens is 4. The molecule has 0 amide bonds. The molecule has 4 aromatic carbocycles. The van der Waals surface area contributed by atoms with Crippen LogP contribution in [-0.4, -0.2) is 7.25 Å². The molecule has 5 rings (SSSR count). The van der Waals surface area contributed by atoms with E-state index in [1.807, 2.05) is 12.3 Å². The number of aromatic amines is 1. The fourth-order valence-electron chi connectivity index (χ4n) is 3.59. The van der Waals surface area contributed by atoms with Crippen molar-refractivity contribution in [2.45, 2.75) is 0 Å². The van der Waals surface area contributed by atoms with Gasteiger partial charge >= 0.3 is 7.25 Å². The van der Waals surface area contributed by atoms with Crippen molar-refractivity contribution in [2.24, 2.45) is 0 Å². The minimum Gasteiger partial charge on any atom is -0.418 e. The van der Waals surface area contributed by atoms with Gasteiger partial charge in [-0.2, -0.15) is 0 Å². The van der Waals surface area contributed by atoms with Gasteiger partial charge in [0.1, 0.15) is 0 Å². The lowest BCUT2D eigenvalue weighted by atomic mass is 9.94. The first-order valence-electron chi connectivity index (χ1n) is 9.09. The Balaban J connectivity index is 0.000000369. The molecule has 0 unspecified atom stereocenters. The van der Waals surface area contributed by atoms with Crippen LogP contribution in [0, 0.1) is 0 Å². The highest BCUT2D eigenvalue weighted by Crippen LogP contribution is 2.34. The Kier molecular flexibility index (Phi) is 4.93. The topological polar surface area (TPSA) is 14.1 Å². The number of benzene rings is 4. The fraction of sp³-hybridized carbons (Fsp3) is 0. The molecule has 0 saturated heterocycles. The zero-order valence-electron chi connectivity index (χ0n) is 15.2. The third-order valence-electron chi connectivity index (χ3n) is 4.73. The van der Waals surface area contributed by atoms with E-state index in [-0.39, 0.29) is 0 Å². The molecular formula is C23H16BF4N. The normalized spacial score (nSPS) is 11.4. The Bertz CT molecular complexity index is 1290. The third-order valence-corrected chi connectivity index (χ3v) is 4.73. The van der Waals surface area contributed by atoms with E-state index < -0.39 is 7.25 Å². The van der Waals surface area contributed by atoms with Gasteiger partial charge in [0.05, 0.1) is 5.56 Å². The smallest absolute Gasteiger partial charge is 0.418 e. The molecule has 0 saturated carbocycles. The Hall–Kier alpha value is -3.41. The van der Waals surface area contributed by atoms with Gasteiger partial charge in [0.25, 0.3) is 0 Å². The highest BCUT2D eigenvalue weighted by atomic mass is 19.5. The molecule has 0 aliphatic carbocycles. The number of rotatable bonds is 1. The predicted molar refractivity (Wildman–Crippen MR) is 111 cm³/mol. The summed E-state index contributed by atoms with van der Waals surface area (Å²) in [5.41, 5.74) is 2.39. The highest BCUT2D eigenvalue weighted by Gasteiger charge is 2.20. The van der Waals surface area contributed by atoms with Crippen molar-refractivity contribution in [1.82, 2.24) is 0 Å². The SMILES string of the molecule is F[B-](F)(F)F.c1ccc(-c2cccc3ccc4cc5ccccc5cc4c23)[nH+]c1. The quantitative estimate of drug-likeness (QED) is 0.127. The number of hydrogen-bond donors (Lipinski definition) is 0. The maximum absolute atomic E-state index is 9.75. The number of H-pyrrole nitrogens is 1. The molecule has 1 aromatic heterocycles. The molecule has 5 aromatic rings. The fourth-order valence-corrected chi connectivity index (χ4v) is 3.59. The molecule has 1 nitrogen and oxygen atoms in total. The average Bonchev–Trinajstić information content (AvgIpc) is 2.71. The van der Waals surface area contributed by atoms with E-state index in [4.69, 9.17) is 0 Å². The molecule has 29 heavy (non-hydrogen) atoms. The minimum atomic E-state index is -6.00. The predicted octanol–water partition coefficient (Wildman–Crippen LogP) is 6.93. The van der Waals surface area contributed by atoms with Crippen LogP contribution in [-0.2, 0) is 0 Å². The summed E-state index contributed by atoms with van der Waals surface area (Å²) >= 11 is 0. The molecule has 0 fully saturated rings. The number of pyridine rings is 1. The van der Waals surface area contributed by atoms with Crippen LogP contribution in [0.3, 0.4) is 0 Å². The molecule has 0 spiro atoms. The summed E-state index contributed by atoms with van der Waals surface area (Å²) < 4.78 is 39.0. The van der Waals surface area contributed by atoms with Gasteiger partial charge in [-0.05, 0) is 51.2 Å². The van der Waals surface area contributed by atoms with Crippen molar-refractivity contribution in [3.63, 3.8) is 0 Å². The van der Waals surface area contributed by atoms with Gasteiger partial charge in [-0.3, -0.25) is 0 Å². The van der Waals surface area contributed by atoms with E-state index in [0.29, 0.717) is 0 Å². The number of nitrogens with one attached hydrogen (secondary N) is 1. The first kappa shape index (κ1) is 18.9. The highest BCUT2D eigenvalue weighted by molar-refractivity contribution is 6.50. The van der Waals surface area contributed by atoms with Gasteiger partial charge in [-0.1, -0.05) is 48.5 Å². The van der Waals surface area contributed by atoms with Gasteiger partial charge in [0.2, 0.25) is 5.69 Å². The van der Waals surface area contributed by atoms with Crippen molar-refractivity contribution in [1.29, 1.82) is 0 Å². The van der Waals surface area contributed by atoms with Crippen molar-refractivity contribution in [3.05, 3.63) is 91.1 Å². The first-order chi connectivity index (χ1) is 13.9. The second-order valence-electron chi connectivity index (χ2n) is 6.66. The number of fused-ring (bicyclic) bond motifs is 4. The largest absolute Gasteiger partial charge is 0.673 e.